The number of ether oxygens (including phenoxy) is 2. The summed E-state index contributed by atoms with van der Waals surface area (Å²) in [5, 5.41) is 0.726. The fourth-order valence-corrected chi connectivity index (χ4v) is 12.7. The van der Waals surface area contributed by atoms with Crippen LogP contribution in [0.1, 0.15) is 53.0 Å². The lowest BCUT2D eigenvalue weighted by Gasteiger charge is -2.20. The molecule has 2 aliphatic rings. The zero-order valence-corrected chi connectivity index (χ0v) is 35.7. The predicted molar refractivity (Wildman–Crippen MR) is 219 cm³/mol. The van der Waals surface area contributed by atoms with Crippen molar-refractivity contribution in [2.24, 2.45) is 0 Å². The predicted octanol–water partition coefficient (Wildman–Crippen LogP) is 4.65. The Labute approximate surface area is 348 Å². The van der Waals surface area contributed by atoms with Crippen LogP contribution in [0.4, 0.5) is 5.69 Å². The van der Waals surface area contributed by atoms with Gasteiger partial charge in [0, 0.05) is 18.4 Å². The van der Waals surface area contributed by atoms with Crippen molar-refractivity contribution >= 4 is 69.5 Å². The second kappa shape index (κ2) is 16.2. The maximum absolute atomic E-state index is 13.3. The Bertz CT molecular complexity index is 2920. The largest absolute Gasteiger partial charge is 0.472 e. The second-order valence-electron chi connectivity index (χ2n) is 13.9. The fourth-order valence-electron chi connectivity index (χ4n) is 7.37. The summed E-state index contributed by atoms with van der Waals surface area (Å²) < 4.78 is 91.3. The summed E-state index contributed by atoms with van der Waals surface area (Å²) >= 11 is 0. The Hall–Kier alpha value is -5.37. The average molecular weight is 917 g/mol. The third kappa shape index (κ3) is 7.99. The molecule has 0 aliphatic carbocycles. The van der Waals surface area contributed by atoms with Crippen molar-refractivity contribution in [2.75, 3.05) is 18.8 Å². The summed E-state index contributed by atoms with van der Waals surface area (Å²) in [5.74, 6) is -2.32. The van der Waals surface area contributed by atoms with E-state index in [-0.39, 0.29) is 38.1 Å². The molecule has 3 heterocycles. The molecule has 61 heavy (non-hydrogen) atoms. The Kier molecular flexibility index (Phi) is 11.6. The van der Waals surface area contributed by atoms with Crippen LogP contribution in [0.2, 0.25) is 0 Å². The Morgan fingerprint density at radius 1 is 0.754 bits per heavy atom. The fraction of sp³-hybridized carbons (Fsp3) is 0.237. The minimum atomic E-state index is -5.33. The lowest BCUT2D eigenvalue weighted by molar-refractivity contribution is -0.116. The van der Waals surface area contributed by atoms with Gasteiger partial charge in [0.15, 0.2) is 18.9 Å². The molecule has 322 valence electrons. The Morgan fingerprint density at radius 2 is 1.28 bits per heavy atom. The zero-order valence-electron chi connectivity index (χ0n) is 32.2. The van der Waals surface area contributed by atoms with Crippen LogP contribution in [0.5, 0.6) is 11.5 Å². The van der Waals surface area contributed by atoms with Gasteiger partial charge in [0.05, 0.1) is 28.0 Å². The minimum absolute atomic E-state index is 0.0470. The van der Waals surface area contributed by atoms with E-state index in [1.807, 2.05) is 18.4 Å². The van der Waals surface area contributed by atoms with Gasteiger partial charge in [-0.25, -0.2) is 16.8 Å². The van der Waals surface area contributed by atoms with E-state index in [0.29, 0.717) is 43.7 Å². The van der Waals surface area contributed by atoms with Gasteiger partial charge < -0.3 is 38.9 Å². The van der Waals surface area contributed by atoms with E-state index in [4.69, 9.17) is 9.47 Å². The van der Waals surface area contributed by atoms with Gasteiger partial charge >= 0.3 is 15.2 Å². The average Bonchev–Trinajstić information content (AvgIpc) is 3.69. The summed E-state index contributed by atoms with van der Waals surface area (Å²) in [6.45, 7) is 2.74. The van der Waals surface area contributed by atoms with E-state index < -0.39 is 84.7 Å². The van der Waals surface area contributed by atoms with Crippen molar-refractivity contribution in [1.82, 2.24) is 13.2 Å². The molecule has 4 aromatic carbocycles. The summed E-state index contributed by atoms with van der Waals surface area (Å²) in [5.41, 5.74) is 2.66. The number of hydrogen-bond acceptors (Lipinski definition) is 11. The first-order valence-electron chi connectivity index (χ1n) is 18.5. The molecular weight excluding hydrogens is 879 g/mol. The first-order valence-corrected chi connectivity index (χ1v) is 24.7. The van der Waals surface area contributed by atoms with Gasteiger partial charge in [-0.1, -0.05) is 31.2 Å². The minimum Gasteiger partial charge on any atom is -0.472 e. The maximum atomic E-state index is 13.3. The normalized spacial score (nSPS) is 15.7. The number of carbonyl (C=O) groups excluding carboxylic acids is 3. The van der Waals surface area contributed by atoms with Gasteiger partial charge in [-0.3, -0.25) is 23.5 Å². The lowest BCUT2D eigenvalue weighted by Crippen LogP contribution is -2.33. The molecule has 0 radical (unpaired) electrons. The van der Waals surface area contributed by atoms with Crippen LogP contribution in [-0.2, 0) is 46.9 Å². The quantitative estimate of drug-likeness (QED) is 0.0894. The topological polar surface area (TPSA) is 276 Å². The number of anilines is 1. The first kappa shape index (κ1) is 43.7. The molecule has 3 amide bonds. The van der Waals surface area contributed by atoms with Gasteiger partial charge in [0.25, 0.3) is 31.9 Å². The number of aryl methyl sites for hydroxylation is 2. The number of fused-ring (bicyclic) bond motifs is 3. The highest BCUT2D eigenvalue weighted by molar-refractivity contribution is 7.90. The highest BCUT2D eigenvalue weighted by Crippen LogP contribution is 2.61. The van der Waals surface area contributed by atoms with Crippen LogP contribution in [-0.4, -0.2) is 86.2 Å². The molecule has 0 bridgehead atoms. The van der Waals surface area contributed by atoms with Crippen molar-refractivity contribution in [1.29, 1.82) is 0 Å². The van der Waals surface area contributed by atoms with Gasteiger partial charge in [-0.05, 0) is 91.6 Å². The van der Waals surface area contributed by atoms with Crippen LogP contribution in [0.25, 0.3) is 22.2 Å². The maximum Gasteiger partial charge on any atom is 0.340 e. The van der Waals surface area contributed by atoms with E-state index >= 15 is 0 Å². The number of hydrogen-bond donors (Lipinski definition) is 5. The van der Waals surface area contributed by atoms with E-state index in [1.165, 1.54) is 54.6 Å². The standard InChI is InChI=1S/C38H38N4O15P2S2/c1-3-25-28-19-31(57-22-42-38(45)27-10-6-8-12-33(27)61(42,54)55)29(39-34(43)17-18-35(58(46,47)48)59(49,50)51)20-30(28)40(4-2)36(25)23-13-15-24(16-14-23)56-21-41-37(44)26-9-5-7-11-32(26)60(41,52)53/h5-16,19-20,35H,3-4,17-18,21-22H2,1-2H3,(H,39,43)(H2,46,47,48)(H2,49,50,51). The van der Waals surface area contributed by atoms with Crippen LogP contribution in [0.15, 0.2) is 94.7 Å². The van der Waals surface area contributed by atoms with Gasteiger partial charge in [0.2, 0.25) is 5.91 Å². The SMILES string of the molecule is CCc1c(-c2ccc(OCN3C(=O)c4ccccc4S3(=O)=O)cc2)n(CC)c2cc(NC(=O)CCC(P(=O)(O)O)P(=O)(O)O)c(OCN3C(=O)c4ccccc4S3(=O)=O)cc12. The summed E-state index contributed by atoms with van der Waals surface area (Å²) in [6, 6.07) is 21.2. The van der Waals surface area contributed by atoms with Crippen molar-refractivity contribution in [3.63, 3.8) is 0 Å². The van der Waals surface area contributed by atoms with Crippen LogP contribution >= 0.6 is 15.2 Å². The molecule has 19 nitrogen and oxygen atoms in total. The van der Waals surface area contributed by atoms with E-state index in [2.05, 4.69) is 5.32 Å². The molecule has 0 fully saturated rings. The molecule has 0 spiro atoms. The molecule has 23 heteroatoms. The van der Waals surface area contributed by atoms with Crippen LogP contribution < -0.4 is 14.8 Å². The smallest absolute Gasteiger partial charge is 0.340 e. The van der Waals surface area contributed by atoms with Crippen molar-refractivity contribution < 1.29 is 69.4 Å². The van der Waals surface area contributed by atoms with Crippen LogP contribution in [0.3, 0.4) is 0 Å². The van der Waals surface area contributed by atoms with Crippen molar-refractivity contribution in [3.05, 3.63) is 102 Å². The van der Waals surface area contributed by atoms with Crippen molar-refractivity contribution in [2.45, 2.75) is 54.8 Å². The number of carbonyl (C=O) groups is 3. The summed E-state index contributed by atoms with van der Waals surface area (Å²) in [6.07, 6.45) is -1.19. The molecule has 0 saturated carbocycles. The zero-order chi connectivity index (χ0) is 44.2. The molecule has 0 saturated heterocycles. The van der Waals surface area contributed by atoms with E-state index in [1.54, 1.807) is 30.3 Å². The number of sulfonamides is 2. The first-order chi connectivity index (χ1) is 28.7. The summed E-state index contributed by atoms with van der Waals surface area (Å²) in [4.78, 5) is 77.3. The molecule has 2 aliphatic heterocycles. The third-order valence-electron chi connectivity index (χ3n) is 10.3. The van der Waals surface area contributed by atoms with Gasteiger partial charge in [0.1, 0.15) is 21.3 Å². The molecule has 1 aromatic heterocycles. The molecule has 0 unspecified atom stereocenters. The Morgan fingerprint density at radius 3 is 1.77 bits per heavy atom. The van der Waals surface area contributed by atoms with E-state index in [0.717, 1.165) is 5.56 Å². The highest BCUT2D eigenvalue weighted by Gasteiger charge is 2.44. The number of nitrogens with zero attached hydrogens (tertiary/aromatic N) is 3. The van der Waals surface area contributed by atoms with Crippen LogP contribution in [0, 0.1) is 0 Å². The number of aromatic nitrogens is 1. The number of amides is 3. The van der Waals surface area contributed by atoms with Gasteiger partial charge in [-0.2, -0.15) is 8.61 Å². The lowest BCUT2D eigenvalue weighted by atomic mass is 10.0. The monoisotopic (exact) mass is 916 g/mol. The van der Waals surface area contributed by atoms with Gasteiger partial charge in [-0.15, -0.1) is 0 Å². The second-order valence-corrected chi connectivity index (χ2v) is 21.6. The van der Waals surface area contributed by atoms with Crippen molar-refractivity contribution in [3.8, 4) is 22.8 Å². The molecule has 7 rings (SSSR count). The highest BCUT2D eigenvalue weighted by atomic mass is 32.2. The molecule has 5 aromatic rings. The number of rotatable bonds is 15. The number of benzene rings is 4. The molecule has 0 atom stereocenters. The summed E-state index contributed by atoms with van der Waals surface area (Å²) in [7, 11) is -19.1. The molecular formula is C38H38N4O15P2S2. The number of nitrogens with one attached hydrogen (secondary N) is 1. The molecule has 5 N–H and O–H groups in total. The Balaban J connectivity index is 1.22. The third-order valence-corrected chi connectivity index (χ3v) is 17.7. The van der Waals surface area contributed by atoms with E-state index in [9.17, 15) is 59.9 Å².